The number of thiophene rings is 2. The molecule has 0 N–H and O–H groups in total. The van der Waals surface area contributed by atoms with Gasteiger partial charge in [-0.05, 0) is 81.9 Å². The van der Waals surface area contributed by atoms with Crippen LogP contribution in [0.2, 0.25) is 0 Å². The Morgan fingerprint density at radius 3 is 1.73 bits per heavy atom. The zero-order valence-electron chi connectivity index (χ0n) is 27.7. The Hall–Kier alpha value is -6.00. The van der Waals surface area contributed by atoms with Crippen molar-refractivity contribution in [2.24, 2.45) is 0 Å². The molecule has 10 rings (SSSR count). The van der Waals surface area contributed by atoms with Gasteiger partial charge in [-0.3, -0.25) is 0 Å². The highest BCUT2D eigenvalue weighted by Crippen LogP contribution is 2.49. The molecule has 1 nitrogen and oxygen atoms in total. The third kappa shape index (κ3) is 5.21. The van der Waals surface area contributed by atoms with Crippen LogP contribution in [0.1, 0.15) is 0 Å². The summed E-state index contributed by atoms with van der Waals surface area (Å²) in [6.45, 7) is 0. The maximum atomic E-state index is 2.48. The molecule has 2 heterocycles. The van der Waals surface area contributed by atoms with Crippen molar-refractivity contribution in [2.75, 3.05) is 4.90 Å². The zero-order valence-corrected chi connectivity index (χ0v) is 29.3. The first-order chi connectivity index (χ1) is 25.3. The van der Waals surface area contributed by atoms with Crippen LogP contribution in [0.5, 0.6) is 0 Å². The second kappa shape index (κ2) is 12.4. The van der Waals surface area contributed by atoms with Crippen LogP contribution >= 0.6 is 22.7 Å². The summed E-state index contributed by atoms with van der Waals surface area (Å²) in [5, 5.41) is 5.14. The van der Waals surface area contributed by atoms with E-state index in [4.69, 9.17) is 0 Å². The van der Waals surface area contributed by atoms with Gasteiger partial charge in [0.2, 0.25) is 0 Å². The van der Waals surface area contributed by atoms with Crippen molar-refractivity contribution in [2.45, 2.75) is 0 Å². The van der Waals surface area contributed by atoms with Crippen LogP contribution in [0.25, 0.3) is 73.7 Å². The number of hydrogen-bond acceptors (Lipinski definition) is 3. The van der Waals surface area contributed by atoms with Gasteiger partial charge in [-0.15, -0.1) is 22.7 Å². The average Bonchev–Trinajstić information content (AvgIpc) is 3.78. The fourth-order valence-electron chi connectivity index (χ4n) is 7.44. The van der Waals surface area contributed by atoms with Crippen molar-refractivity contribution < 1.29 is 0 Å². The Labute approximate surface area is 304 Å². The van der Waals surface area contributed by atoms with Gasteiger partial charge >= 0.3 is 0 Å². The first-order valence-corrected chi connectivity index (χ1v) is 18.9. The van der Waals surface area contributed by atoms with Crippen molar-refractivity contribution in [3.8, 4) is 33.4 Å². The molecule has 0 unspecified atom stereocenters. The largest absolute Gasteiger partial charge is 0.310 e. The van der Waals surface area contributed by atoms with Gasteiger partial charge in [0.25, 0.3) is 0 Å². The van der Waals surface area contributed by atoms with Gasteiger partial charge in [-0.1, -0.05) is 140 Å². The van der Waals surface area contributed by atoms with E-state index in [0.29, 0.717) is 0 Å². The lowest BCUT2D eigenvalue weighted by atomic mass is 9.99. The van der Waals surface area contributed by atoms with Gasteiger partial charge in [0, 0.05) is 51.7 Å². The number of benzene rings is 8. The second-order valence-electron chi connectivity index (χ2n) is 12.9. The minimum atomic E-state index is 1.13. The van der Waals surface area contributed by atoms with E-state index in [-0.39, 0.29) is 0 Å². The summed E-state index contributed by atoms with van der Waals surface area (Å²) in [6, 6.07) is 68.6. The highest BCUT2D eigenvalue weighted by atomic mass is 32.1. The van der Waals surface area contributed by atoms with Crippen LogP contribution < -0.4 is 4.90 Å². The summed E-state index contributed by atoms with van der Waals surface area (Å²) in [7, 11) is 0. The molecule has 0 aliphatic heterocycles. The lowest BCUT2D eigenvalue weighted by molar-refractivity contribution is 1.31. The maximum Gasteiger partial charge on any atom is 0.0555 e. The summed E-state index contributed by atoms with van der Waals surface area (Å²) < 4.78 is 5.20. The number of anilines is 3. The molecule has 0 bridgehead atoms. The van der Waals surface area contributed by atoms with E-state index in [1.165, 1.54) is 79.4 Å². The highest BCUT2D eigenvalue weighted by Gasteiger charge is 2.22. The first kappa shape index (κ1) is 29.9. The molecule has 0 radical (unpaired) electrons. The van der Waals surface area contributed by atoms with Crippen molar-refractivity contribution in [1.29, 1.82) is 0 Å². The van der Waals surface area contributed by atoms with E-state index >= 15 is 0 Å². The minimum Gasteiger partial charge on any atom is -0.310 e. The normalized spacial score (nSPS) is 11.5. The molecule has 0 saturated carbocycles. The molecule has 0 aliphatic carbocycles. The lowest BCUT2D eigenvalue weighted by Crippen LogP contribution is -2.10. The Morgan fingerprint density at radius 1 is 0.333 bits per heavy atom. The third-order valence-electron chi connectivity index (χ3n) is 9.86. The van der Waals surface area contributed by atoms with E-state index in [1.807, 2.05) is 22.7 Å². The molecule has 0 amide bonds. The maximum absolute atomic E-state index is 2.48. The molecule has 0 spiro atoms. The van der Waals surface area contributed by atoms with Gasteiger partial charge in [-0.25, -0.2) is 0 Å². The third-order valence-corrected chi connectivity index (χ3v) is 12.2. The smallest absolute Gasteiger partial charge is 0.0555 e. The summed E-state index contributed by atoms with van der Waals surface area (Å²) in [6.07, 6.45) is 0. The zero-order chi connectivity index (χ0) is 33.7. The van der Waals surface area contributed by atoms with E-state index in [0.717, 1.165) is 11.4 Å². The Morgan fingerprint density at radius 2 is 0.961 bits per heavy atom. The fourth-order valence-corrected chi connectivity index (χ4v) is 9.82. The highest BCUT2D eigenvalue weighted by molar-refractivity contribution is 7.26. The number of nitrogens with zero attached hydrogens (tertiary/aromatic N) is 1. The van der Waals surface area contributed by atoms with Gasteiger partial charge in [0.15, 0.2) is 0 Å². The van der Waals surface area contributed by atoms with Gasteiger partial charge in [0.1, 0.15) is 0 Å². The number of fused-ring (bicyclic) bond motifs is 6. The quantitative estimate of drug-likeness (QED) is 0.168. The number of hydrogen-bond donors (Lipinski definition) is 0. The predicted octanol–water partition coefficient (Wildman–Crippen LogP) is 14.9. The Balaban J connectivity index is 1.22. The van der Waals surface area contributed by atoms with Crippen LogP contribution in [0.4, 0.5) is 17.1 Å². The Kier molecular flexibility index (Phi) is 7.26. The van der Waals surface area contributed by atoms with E-state index in [1.54, 1.807) is 0 Å². The van der Waals surface area contributed by atoms with Gasteiger partial charge in [-0.2, -0.15) is 0 Å². The monoisotopic (exact) mass is 685 g/mol. The lowest BCUT2D eigenvalue weighted by Gasteiger charge is -2.27. The first-order valence-electron chi connectivity index (χ1n) is 17.3. The molecule has 8 aromatic carbocycles. The molecule has 0 aliphatic rings. The molecule has 51 heavy (non-hydrogen) atoms. The summed E-state index contributed by atoms with van der Waals surface area (Å²) in [5.41, 5.74) is 10.8. The molecule has 3 heteroatoms. The molecule has 240 valence electrons. The molecular formula is C48H31NS2. The van der Waals surface area contributed by atoms with E-state index in [2.05, 4.69) is 193 Å². The van der Waals surface area contributed by atoms with Gasteiger partial charge in [0.05, 0.1) is 5.69 Å². The number of rotatable bonds is 6. The molecule has 10 aromatic rings. The molecule has 0 atom stereocenters. The van der Waals surface area contributed by atoms with Crippen LogP contribution in [0.3, 0.4) is 0 Å². The van der Waals surface area contributed by atoms with Crippen LogP contribution in [0.15, 0.2) is 188 Å². The summed E-state index contributed by atoms with van der Waals surface area (Å²) in [5.74, 6) is 0. The van der Waals surface area contributed by atoms with Crippen LogP contribution in [0, 0.1) is 0 Å². The summed E-state index contributed by atoms with van der Waals surface area (Å²) in [4.78, 5) is 2.48. The van der Waals surface area contributed by atoms with E-state index < -0.39 is 0 Å². The van der Waals surface area contributed by atoms with Crippen molar-refractivity contribution in [3.05, 3.63) is 188 Å². The minimum absolute atomic E-state index is 1.13. The van der Waals surface area contributed by atoms with Crippen molar-refractivity contribution in [1.82, 2.24) is 0 Å². The van der Waals surface area contributed by atoms with Crippen LogP contribution in [-0.2, 0) is 0 Å². The molecular weight excluding hydrogens is 655 g/mol. The SMILES string of the molecule is c1ccc(-c2cccc(N(c3ccc4sc5cc(-c6ccccc6)ccc5c4c3)c3ccc(-c4ccccc4)c4sc5ccccc5c34)c2)cc1. The van der Waals surface area contributed by atoms with E-state index in [9.17, 15) is 0 Å². The predicted molar refractivity (Wildman–Crippen MR) is 223 cm³/mol. The fraction of sp³-hybridized carbons (Fsp3) is 0. The summed E-state index contributed by atoms with van der Waals surface area (Å²) >= 11 is 3.76. The van der Waals surface area contributed by atoms with Gasteiger partial charge < -0.3 is 4.90 Å². The van der Waals surface area contributed by atoms with Crippen LogP contribution in [-0.4, -0.2) is 0 Å². The van der Waals surface area contributed by atoms with Crippen molar-refractivity contribution >= 4 is 80.1 Å². The molecule has 0 fully saturated rings. The second-order valence-corrected chi connectivity index (χ2v) is 15.0. The molecule has 0 saturated heterocycles. The Bertz CT molecular complexity index is 2850. The standard InChI is InChI=1S/C48H31NS2/c1-4-13-32(14-5-1)35-19-12-20-37(29-35)49(38-24-28-45-42(31-38)40-25-23-36(30-46(40)50-45)33-15-6-2-7-16-33)43-27-26-39(34-17-8-3-9-18-34)48-47(43)41-21-10-11-22-44(41)51-48/h1-31H. The average molecular weight is 686 g/mol. The molecule has 2 aromatic heterocycles. The van der Waals surface area contributed by atoms with Crippen molar-refractivity contribution in [3.63, 3.8) is 0 Å². The topological polar surface area (TPSA) is 3.24 Å².